The van der Waals surface area contributed by atoms with Gasteiger partial charge in [-0.25, -0.2) is 5.43 Å². The van der Waals surface area contributed by atoms with Crippen LogP contribution < -0.4 is 20.8 Å². The van der Waals surface area contributed by atoms with Gasteiger partial charge in [-0.15, -0.1) is 0 Å². The summed E-state index contributed by atoms with van der Waals surface area (Å²) in [6.07, 6.45) is 2.06. The summed E-state index contributed by atoms with van der Waals surface area (Å²) in [6.45, 7) is 3.72. The second-order valence-corrected chi connectivity index (χ2v) is 7.40. The summed E-state index contributed by atoms with van der Waals surface area (Å²) >= 11 is 0. The van der Waals surface area contributed by atoms with Crippen LogP contribution in [-0.2, 0) is 20.8 Å². The van der Waals surface area contributed by atoms with Crippen molar-refractivity contribution >= 4 is 35.3 Å². The maximum Gasteiger partial charge on any atom is 0.329 e. The molecule has 3 amide bonds. The van der Waals surface area contributed by atoms with Gasteiger partial charge >= 0.3 is 11.8 Å². The van der Waals surface area contributed by atoms with Crippen molar-refractivity contribution in [2.75, 3.05) is 17.2 Å². The maximum atomic E-state index is 12.2. The molecule has 0 radical (unpaired) electrons. The quantitative estimate of drug-likeness (QED) is 0.272. The van der Waals surface area contributed by atoms with Crippen LogP contribution >= 0.6 is 0 Å². The normalized spacial score (nSPS) is 10.5. The van der Waals surface area contributed by atoms with Crippen molar-refractivity contribution in [2.45, 2.75) is 20.3 Å². The molecule has 3 aromatic rings. The molecule has 34 heavy (non-hydrogen) atoms. The Kier molecular flexibility index (Phi) is 8.51. The molecule has 0 saturated carbocycles. The van der Waals surface area contributed by atoms with Crippen molar-refractivity contribution in [3.8, 4) is 5.75 Å². The van der Waals surface area contributed by atoms with Gasteiger partial charge in [0.1, 0.15) is 5.75 Å². The molecule has 0 fully saturated rings. The van der Waals surface area contributed by atoms with Gasteiger partial charge in [0.15, 0.2) is 6.61 Å². The molecule has 3 N–H and O–H groups in total. The average molecular weight is 459 g/mol. The molecule has 0 aromatic heterocycles. The van der Waals surface area contributed by atoms with Crippen LogP contribution in [0, 0.1) is 6.92 Å². The topological polar surface area (TPSA) is 109 Å². The highest BCUT2D eigenvalue weighted by atomic mass is 16.5. The van der Waals surface area contributed by atoms with Crippen LogP contribution in [0.5, 0.6) is 5.75 Å². The van der Waals surface area contributed by atoms with E-state index in [0.717, 1.165) is 17.5 Å². The molecular formula is C26H26N4O4. The molecule has 0 aliphatic rings. The van der Waals surface area contributed by atoms with Crippen LogP contribution in [0.1, 0.15) is 23.6 Å². The number of amides is 3. The third-order valence-electron chi connectivity index (χ3n) is 4.84. The highest BCUT2D eigenvalue weighted by molar-refractivity contribution is 6.39. The zero-order valence-corrected chi connectivity index (χ0v) is 19.0. The lowest BCUT2D eigenvalue weighted by atomic mass is 10.1. The van der Waals surface area contributed by atoms with E-state index in [1.165, 1.54) is 6.21 Å². The number of hydrazone groups is 1. The summed E-state index contributed by atoms with van der Waals surface area (Å²) in [5.41, 5.74) is 6.01. The third-order valence-corrected chi connectivity index (χ3v) is 4.84. The van der Waals surface area contributed by atoms with Gasteiger partial charge in [0.2, 0.25) is 0 Å². The lowest BCUT2D eigenvalue weighted by Crippen LogP contribution is -2.32. The van der Waals surface area contributed by atoms with Crippen molar-refractivity contribution in [1.82, 2.24) is 5.43 Å². The average Bonchev–Trinajstić information content (AvgIpc) is 2.85. The van der Waals surface area contributed by atoms with Gasteiger partial charge in [-0.2, -0.15) is 5.10 Å². The first kappa shape index (κ1) is 24.2. The molecule has 174 valence electrons. The first-order valence-corrected chi connectivity index (χ1v) is 10.8. The SMILES string of the molecule is CCc1ccccc1NC(=O)C(=O)N/N=C\c1ccccc1OCC(=O)Nc1ccc(C)cc1. The Morgan fingerprint density at radius 2 is 1.59 bits per heavy atom. The van der Waals surface area contributed by atoms with E-state index in [-0.39, 0.29) is 12.5 Å². The Bertz CT molecular complexity index is 1190. The first-order valence-electron chi connectivity index (χ1n) is 10.8. The fourth-order valence-electron chi connectivity index (χ4n) is 3.04. The number of aryl methyl sites for hydroxylation is 2. The van der Waals surface area contributed by atoms with E-state index in [4.69, 9.17) is 4.74 Å². The second kappa shape index (κ2) is 12.0. The predicted octanol–water partition coefficient (Wildman–Crippen LogP) is 3.66. The summed E-state index contributed by atoms with van der Waals surface area (Å²) in [6, 6.07) is 21.6. The van der Waals surface area contributed by atoms with Gasteiger partial charge < -0.3 is 15.4 Å². The van der Waals surface area contributed by atoms with Gasteiger partial charge in [0, 0.05) is 16.9 Å². The number of benzene rings is 3. The highest BCUT2D eigenvalue weighted by Gasteiger charge is 2.14. The van der Waals surface area contributed by atoms with Crippen LogP contribution in [0.3, 0.4) is 0 Å². The molecule has 0 atom stereocenters. The molecule has 0 spiro atoms. The molecule has 0 aliphatic carbocycles. The molecule has 3 aromatic carbocycles. The van der Waals surface area contributed by atoms with Gasteiger partial charge in [0.05, 0.1) is 6.21 Å². The predicted molar refractivity (Wildman–Crippen MR) is 132 cm³/mol. The van der Waals surface area contributed by atoms with Gasteiger partial charge in [-0.1, -0.05) is 55.0 Å². The minimum Gasteiger partial charge on any atom is -0.483 e. The Hall–Kier alpha value is -4.46. The van der Waals surface area contributed by atoms with E-state index < -0.39 is 11.8 Å². The van der Waals surface area contributed by atoms with E-state index in [9.17, 15) is 14.4 Å². The summed E-state index contributed by atoms with van der Waals surface area (Å²) in [5, 5.41) is 9.19. The Balaban J connectivity index is 1.54. The number of nitrogens with zero attached hydrogens (tertiary/aromatic N) is 1. The highest BCUT2D eigenvalue weighted by Crippen LogP contribution is 2.17. The zero-order valence-electron chi connectivity index (χ0n) is 19.0. The van der Waals surface area contributed by atoms with Crippen molar-refractivity contribution in [1.29, 1.82) is 0 Å². The van der Waals surface area contributed by atoms with Crippen LogP contribution in [-0.4, -0.2) is 30.5 Å². The van der Waals surface area contributed by atoms with Gasteiger partial charge in [0.25, 0.3) is 5.91 Å². The molecule has 0 bridgehead atoms. The molecule has 8 heteroatoms. The number of nitrogens with one attached hydrogen (secondary N) is 3. The monoisotopic (exact) mass is 458 g/mol. The number of carbonyl (C=O) groups is 3. The Morgan fingerprint density at radius 1 is 0.882 bits per heavy atom. The lowest BCUT2D eigenvalue weighted by molar-refractivity contribution is -0.136. The molecule has 3 rings (SSSR count). The summed E-state index contributed by atoms with van der Waals surface area (Å²) < 4.78 is 5.61. The van der Waals surface area contributed by atoms with Crippen LogP contribution in [0.15, 0.2) is 77.9 Å². The van der Waals surface area contributed by atoms with Crippen molar-refractivity contribution in [3.63, 3.8) is 0 Å². The van der Waals surface area contributed by atoms with Crippen molar-refractivity contribution < 1.29 is 19.1 Å². The molecule has 8 nitrogen and oxygen atoms in total. The summed E-state index contributed by atoms with van der Waals surface area (Å²) in [4.78, 5) is 36.5. The second-order valence-electron chi connectivity index (χ2n) is 7.40. The molecule has 0 saturated heterocycles. The number of para-hydroxylation sites is 2. The molecule has 0 aliphatic heterocycles. The van der Waals surface area contributed by atoms with E-state index in [1.54, 1.807) is 36.4 Å². The lowest BCUT2D eigenvalue weighted by Gasteiger charge is -2.10. The van der Waals surface area contributed by atoms with Crippen molar-refractivity contribution in [3.05, 3.63) is 89.5 Å². The van der Waals surface area contributed by atoms with E-state index in [2.05, 4.69) is 21.2 Å². The van der Waals surface area contributed by atoms with Gasteiger partial charge in [-0.05, 0) is 49.2 Å². The zero-order chi connectivity index (χ0) is 24.3. The van der Waals surface area contributed by atoms with Crippen LogP contribution in [0.4, 0.5) is 11.4 Å². The first-order chi connectivity index (χ1) is 16.5. The molecule has 0 heterocycles. The van der Waals surface area contributed by atoms with Crippen LogP contribution in [0.25, 0.3) is 0 Å². The summed E-state index contributed by atoms with van der Waals surface area (Å²) in [5.74, 6) is -1.64. The number of anilines is 2. The molecule has 0 unspecified atom stereocenters. The van der Waals surface area contributed by atoms with Crippen LogP contribution in [0.2, 0.25) is 0 Å². The van der Waals surface area contributed by atoms with E-state index >= 15 is 0 Å². The minimum atomic E-state index is -0.905. The van der Waals surface area contributed by atoms with E-state index in [1.807, 2.05) is 50.2 Å². The fraction of sp³-hybridized carbons (Fsp3) is 0.154. The Labute approximate surface area is 198 Å². The minimum absolute atomic E-state index is 0.204. The number of ether oxygens (including phenoxy) is 1. The number of hydrogen-bond donors (Lipinski definition) is 3. The number of rotatable bonds is 8. The van der Waals surface area contributed by atoms with Gasteiger partial charge in [-0.3, -0.25) is 14.4 Å². The molecular weight excluding hydrogens is 432 g/mol. The Morgan fingerprint density at radius 3 is 2.35 bits per heavy atom. The smallest absolute Gasteiger partial charge is 0.329 e. The fourth-order valence-corrected chi connectivity index (χ4v) is 3.04. The van der Waals surface area contributed by atoms with Crippen molar-refractivity contribution in [2.24, 2.45) is 5.10 Å². The third kappa shape index (κ3) is 7.03. The number of hydrogen-bond acceptors (Lipinski definition) is 5. The number of carbonyl (C=O) groups excluding carboxylic acids is 3. The largest absolute Gasteiger partial charge is 0.483 e. The van der Waals surface area contributed by atoms with E-state index in [0.29, 0.717) is 22.7 Å². The standard InChI is InChI=1S/C26H26N4O4/c1-3-19-8-4-6-10-22(19)29-25(32)26(33)30-27-16-20-9-5-7-11-23(20)34-17-24(31)28-21-14-12-18(2)13-15-21/h4-16H,3,17H2,1-2H3,(H,28,31)(H,29,32)(H,30,33)/b27-16-. The summed E-state index contributed by atoms with van der Waals surface area (Å²) in [7, 11) is 0. The maximum absolute atomic E-state index is 12.2.